The zero-order valence-corrected chi connectivity index (χ0v) is 27.8. The molecule has 0 saturated heterocycles. The van der Waals surface area contributed by atoms with E-state index in [0.717, 1.165) is 45.2 Å². The van der Waals surface area contributed by atoms with Gasteiger partial charge in [0, 0.05) is 19.5 Å². The summed E-state index contributed by atoms with van der Waals surface area (Å²) in [6.45, 7) is 5.04. The molecule has 0 bridgehead atoms. The van der Waals surface area contributed by atoms with Gasteiger partial charge < -0.3 is 9.47 Å². The van der Waals surface area contributed by atoms with Gasteiger partial charge in [0.25, 0.3) is 0 Å². The fourth-order valence-electron chi connectivity index (χ4n) is 3.71. The number of esters is 2. The second kappa shape index (κ2) is 15.3. The molecule has 0 spiro atoms. The number of thiophene rings is 5. The summed E-state index contributed by atoms with van der Waals surface area (Å²) in [5.74, 6) is 12.3. The molecule has 0 aliphatic heterocycles. The van der Waals surface area contributed by atoms with E-state index < -0.39 is 0 Å². The molecule has 0 aliphatic carbocycles. The molecular weight excluding hydrogens is 633 g/mol. The minimum absolute atomic E-state index is 0.277. The Morgan fingerprint density at radius 2 is 0.860 bits per heavy atom. The van der Waals surface area contributed by atoms with Gasteiger partial charge in [-0.25, -0.2) is 9.59 Å². The van der Waals surface area contributed by atoms with Crippen molar-refractivity contribution in [2.45, 2.75) is 39.5 Å². The average molecular weight is 661 g/mol. The topological polar surface area (TPSA) is 52.6 Å². The molecule has 0 aliphatic rings. The fraction of sp³-hybridized carbons (Fsp3) is 0.235. The van der Waals surface area contributed by atoms with Crippen molar-refractivity contribution in [2.24, 2.45) is 0 Å². The van der Waals surface area contributed by atoms with E-state index in [2.05, 4.69) is 61.8 Å². The van der Waals surface area contributed by atoms with Crippen LogP contribution in [0.15, 0.2) is 60.7 Å². The Bertz CT molecular complexity index is 1690. The third-order valence-corrected chi connectivity index (χ3v) is 11.4. The Morgan fingerprint density at radius 1 is 0.512 bits per heavy atom. The second-order valence-electron chi connectivity index (χ2n) is 9.30. The fourth-order valence-corrected chi connectivity index (χ4v) is 8.13. The van der Waals surface area contributed by atoms with Gasteiger partial charge in [-0.1, -0.05) is 26.7 Å². The van der Waals surface area contributed by atoms with E-state index in [1.165, 1.54) is 42.2 Å². The predicted molar refractivity (Wildman–Crippen MR) is 182 cm³/mol. The van der Waals surface area contributed by atoms with Crippen LogP contribution in [-0.2, 0) is 9.47 Å². The molecule has 4 nitrogen and oxygen atoms in total. The van der Waals surface area contributed by atoms with Gasteiger partial charge in [0.1, 0.15) is 9.75 Å². The Hall–Kier alpha value is -3.44. The van der Waals surface area contributed by atoms with Gasteiger partial charge in [0.05, 0.1) is 32.7 Å². The van der Waals surface area contributed by atoms with E-state index in [0.29, 0.717) is 23.0 Å². The van der Waals surface area contributed by atoms with Gasteiger partial charge in [-0.05, 0) is 97.2 Å². The van der Waals surface area contributed by atoms with E-state index in [4.69, 9.17) is 9.47 Å². The number of rotatable bonds is 10. The Morgan fingerprint density at radius 3 is 1.28 bits per heavy atom. The first-order valence-corrected chi connectivity index (χ1v) is 18.0. The molecule has 0 radical (unpaired) electrons. The van der Waals surface area contributed by atoms with Crippen LogP contribution in [0.3, 0.4) is 0 Å². The molecule has 5 aromatic rings. The largest absolute Gasteiger partial charge is 0.462 e. The van der Waals surface area contributed by atoms with E-state index in [-0.39, 0.29) is 11.9 Å². The summed E-state index contributed by atoms with van der Waals surface area (Å²) in [4.78, 5) is 33.8. The first kappa shape index (κ1) is 31.0. The van der Waals surface area contributed by atoms with Crippen LogP contribution in [0.4, 0.5) is 0 Å². The van der Waals surface area contributed by atoms with E-state index in [1.807, 2.05) is 24.3 Å². The maximum Gasteiger partial charge on any atom is 0.348 e. The van der Waals surface area contributed by atoms with Gasteiger partial charge in [0.2, 0.25) is 0 Å². The summed E-state index contributed by atoms with van der Waals surface area (Å²) in [6, 6.07) is 19.9. The van der Waals surface area contributed by atoms with Crippen molar-refractivity contribution >= 4 is 68.6 Å². The maximum absolute atomic E-state index is 12.1. The highest BCUT2D eigenvalue weighted by atomic mass is 32.1. The number of ether oxygens (including phenoxy) is 2. The molecule has 0 atom stereocenters. The second-order valence-corrected chi connectivity index (χ2v) is 14.7. The quantitative estimate of drug-likeness (QED) is 0.0850. The van der Waals surface area contributed by atoms with Gasteiger partial charge in [-0.3, -0.25) is 0 Å². The first-order valence-electron chi connectivity index (χ1n) is 13.9. The van der Waals surface area contributed by atoms with E-state index in [9.17, 15) is 9.59 Å². The van der Waals surface area contributed by atoms with Gasteiger partial charge in [0.15, 0.2) is 0 Å². The molecule has 43 heavy (non-hydrogen) atoms. The van der Waals surface area contributed by atoms with Crippen molar-refractivity contribution in [2.75, 3.05) is 13.2 Å². The average Bonchev–Trinajstić information content (AvgIpc) is 3.84. The van der Waals surface area contributed by atoms with E-state index >= 15 is 0 Å². The van der Waals surface area contributed by atoms with Crippen LogP contribution in [0, 0.1) is 23.7 Å². The lowest BCUT2D eigenvalue weighted by Gasteiger charge is -2.00. The SMILES string of the molecule is CCCCOC(=O)c1ccc(C#Cc2ccc(-c3ccc(-c4ccc(C#Cc5ccc(C(=O)OCCCC)s5)s4)s3)s2)s1. The third kappa shape index (κ3) is 8.57. The third-order valence-electron chi connectivity index (χ3n) is 6.00. The molecular formula is C34H28O4S5. The minimum Gasteiger partial charge on any atom is -0.462 e. The standard InChI is InChI=1S/C34H28O4S5/c1-3-5-21-37-33(35)31-17-13-25(41-31)9-7-23-11-15-27(39-23)29-19-20-30(43-29)28-16-12-24(40-28)8-10-26-14-18-32(42-26)34(36)38-22-6-4-2/h11-20H,3-6,21-22H2,1-2H3. The summed E-state index contributed by atoms with van der Waals surface area (Å²) >= 11 is 7.80. The monoisotopic (exact) mass is 660 g/mol. The smallest absolute Gasteiger partial charge is 0.348 e. The molecule has 0 fully saturated rings. The van der Waals surface area contributed by atoms with Crippen molar-refractivity contribution in [3.05, 3.63) is 89.9 Å². The van der Waals surface area contributed by atoms with Crippen LogP contribution < -0.4 is 0 Å². The summed E-state index contributed by atoms with van der Waals surface area (Å²) in [7, 11) is 0. The molecule has 9 heteroatoms. The van der Waals surface area contributed by atoms with Crippen LogP contribution in [-0.4, -0.2) is 25.2 Å². The summed E-state index contributed by atoms with van der Waals surface area (Å²) in [5, 5.41) is 0. The number of hydrogen-bond donors (Lipinski definition) is 0. The zero-order valence-electron chi connectivity index (χ0n) is 23.7. The minimum atomic E-state index is -0.277. The van der Waals surface area contributed by atoms with Crippen LogP contribution in [0.2, 0.25) is 0 Å². The molecule has 5 heterocycles. The van der Waals surface area contributed by atoms with Crippen LogP contribution in [0.1, 0.15) is 78.4 Å². The molecule has 5 rings (SSSR count). The highest BCUT2D eigenvalue weighted by molar-refractivity contribution is 7.26. The highest BCUT2D eigenvalue weighted by Crippen LogP contribution is 2.39. The molecule has 0 aromatic carbocycles. The lowest BCUT2D eigenvalue weighted by Crippen LogP contribution is -2.03. The number of unbranched alkanes of at least 4 members (excludes halogenated alkanes) is 2. The van der Waals surface area contributed by atoms with Gasteiger partial charge in [-0.15, -0.1) is 56.7 Å². The predicted octanol–water partition coefficient (Wildman–Crippen LogP) is 10.0. The van der Waals surface area contributed by atoms with Crippen molar-refractivity contribution in [1.82, 2.24) is 0 Å². The summed E-state index contributed by atoms with van der Waals surface area (Å²) < 4.78 is 10.6. The van der Waals surface area contributed by atoms with E-state index in [1.54, 1.807) is 46.1 Å². The first-order chi connectivity index (χ1) is 21.0. The summed E-state index contributed by atoms with van der Waals surface area (Å²) in [6.07, 6.45) is 3.73. The van der Waals surface area contributed by atoms with Gasteiger partial charge >= 0.3 is 11.9 Å². The molecule has 0 saturated carbocycles. The molecule has 0 amide bonds. The summed E-state index contributed by atoms with van der Waals surface area (Å²) in [5.41, 5.74) is 0. The van der Waals surface area contributed by atoms with Crippen LogP contribution in [0.5, 0.6) is 0 Å². The Balaban J connectivity index is 1.19. The van der Waals surface area contributed by atoms with Crippen LogP contribution >= 0.6 is 56.7 Å². The molecule has 0 N–H and O–H groups in total. The van der Waals surface area contributed by atoms with Crippen LogP contribution in [0.25, 0.3) is 19.5 Å². The molecule has 5 aromatic heterocycles. The Kier molecular flexibility index (Phi) is 11.1. The lowest BCUT2D eigenvalue weighted by molar-refractivity contribution is 0.0496. The maximum atomic E-state index is 12.1. The number of hydrogen-bond acceptors (Lipinski definition) is 9. The van der Waals surface area contributed by atoms with Crippen molar-refractivity contribution in [3.8, 4) is 43.2 Å². The zero-order chi connectivity index (χ0) is 30.0. The van der Waals surface area contributed by atoms with Crippen molar-refractivity contribution in [3.63, 3.8) is 0 Å². The molecule has 0 unspecified atom stereocenters. The normalized spacial score (nSPS) is 10.5. The van der Waals surface area contributed by atoms with Crippen molar-refractivity contribution in [1.29, 1.82) is 0 Å². The molecule has 218 valence electrons. The highest BCUT2D eigenvalue weighted by Gasteiger charge is 2.12. The Labute approximate surface area is 272 Å². The number of carbonyl (C=O) groups is 2. The lowest BCUT2D eigenvalue weighted by atomic mass is 10.3. The van der Waals surface area contributed by atoms with Gasteiger partial charge in [-0.2, -0.15) is 0 Å². The van der Waals surface area contributed by atoms with Crippen molar-refractivity contribution < 1.29 is 19.1 Å². The number of carbonyl (C=O) groups excluding carboxylic acids is 2.